The molecule has 0 atom stereocenters. The van der Waals surface area contributed by atoms with E-state index < -0.39 is 5.91 Å². The van der Waals surface area contributed by atoms with Gasteiger partial charge in [-0.15, -0.1) is 11.3 Å². The van der Waals surface area contributed by atoms with Crippen molar-refractivity contribution in [2.45, 2.75) is 0 Å². The van der Waals surface area contributed by atoms with Gasteiger partial charge >= 0.3 is 0 Å². The number of H-pyrrole nitrogens is 1. The van der Waals surface area contributed by atoms with E-state index in [0.29, 0.717) is 4.83 Å². The highest BCUT2D eigenvalue weighted by Gasteiger charge is 2.12. The Labute approximate surface area is 76.2 Å². The summed E-state index contributed by atoms with van der Waals surface area (Å²) in [6, 6.07) is 0. The second-order valence-electron chi connectivity index (χ2n) is 2.43. The molecule has 0 fully saturated rings. The molecule has 2 heterocycles. The molecule has 2 aromatic heterocycles. The molecule has 0 aliphatic heterocycles. The molecule has 0 aliphatic rings. The lowest BCUT2D eigenvalue weighted by Gasteiger charge is -1.89. The van der Waals surface area contributed by atoms with Crippen LogP contribution in [0.1, 0.15) is 10.4 Å². The molecule has 66 valence electrons. The van der Waals surface area contributed by atoms with Crippen LogP contribution < -0.4 is 11.3 Å². The van der Waals surface area contributed by atoms with Gasteiger partial charge in [-0.05, 0) is 0 Å². The van der Waals surface area contributed by atoms with Gasteiger partial charge in [-0.25, -0.2) is 4.98 Å². The number of amides is 1. The van der Waals surface area contributed by atoms with Crippen molar-refractivity contribution in [3.63, 3.8) is 0 Å². The Kier molecular flexibility index (Phi) is 1.63. The van der Waals surface area contributed by atoms with Crippen molar-refractivity contribution in [3.8, 4) is 0 Å². The first-order valence-electron chi connectivity index (χ1n) is 3.45. The molecular formula is C7H5N3O2S. The number of nitrogens with one attached hydrogen (secondary N) is 1. The number of fused-ring (bicyclic) bond motifs is 1. The number of rotatable bonds is 1. The van der Waals surface area contributed by atoms with Gasteiger partial charge in [0.15, 0.2) is 0 Å². The fraction of sp³-hybridized carbons (Fsp3) is 0. The largest absolute Gasteiger partial charge is 0.366 e. The zero-order valence-corrected chi connectivity index (χ0v) is 7.22. The predicted molar refractivity (Wildman–Crippen MR) is 48.8 cm³/mol. The molecule has 3 N–H and O–H groups in total. The van der Waals surface area contributed by atoms with E-state index in [2.05, 4.69) is 9.97 Å². The van der Waals surface area contributed by atoms with Crippen molar-refractivity contribution in [2.75, 3.05) is 0 Å². The van der Waals surface area contributed by atoms with Crippen molar-refractivity contribution in [1.29, 1.82) is 0 Å². The van der Waals surface area contributed by atoms with Gasteiger partial charge in [-0.3, -0.25) is 9.59 Å². The fourth-order valence-corrected chi connectivity index (χ4v) is 1.96. The molecule has 0 saturated heterocycles. The first-order chi connectivity index (χ1) is 6.20. The average molecular weight is 195 g/mol. The molecule has 13 heavy (non-hydrogen) atoms. The van der Waals surface area contributed by atoms with E-state index in [1.54, 1.807) is 0 Å². The molecule has 0 aliphatic carbocycles. The van der Waals surface area contributed by atoms with Crippen molar-refractivity contribution >= 4 is 27.5 Å². The Balaban J connectivity index is 2.95. The maximum Gasteiger partial charge on any atom is 0.260 e. The number of primary amides is 1. The monoisotopic (exact) mass is 195 g/mol. The number of hydrogen-bond donors (Lipinski definition) is 2. The lowest BCUT2D eigenvalue weighted by molar-refractivity contribution is 0.100. The third-order valence-corrected chi connectivity index (χ3v) is 2.53. The van der Waals surface area contributed by atoms with Crippen LogP contribution in [0.5, 0.6) is 0 Å². The van der Waals surface area contributed by atoms with E-state index in [1.807, 2.05) is 0 Å². The molecular weight excluding hydrogens is 190 g/mol. The Morgan fingerprint density at radius 2 is 2.38 bits per heavy atom. The second kappa shape index (κ2) is 2.67. The van der Waals surface area contributed by atoms with E-state index in [4.69, 9.17) is 5.73 Å². The second-order valence-corrected chi connectivity index (χ2v) is 3.28. The van der Waals surface area contributed by atoms with Crippen molar-refractivity contribution in [1.82, 2.24) is 9.97 Å². The topological polar surface area (TPSA) is 88.8 Å². The highest BCUT2D eigenvalue weighted by molar-refractivity contribution is 7.17. The normalized spacial score (nSPS) is 10.5. The van der Waals surface area contributed by atoms with Gasteiger partial charge in [-0.2, -0.15) is 0 Å². The highest BCUT2D eigenvalue weighted by Crippen LogP contribution is 2.19. The Hall–Kier alpha value is -1.69. The van der Waals surface area contributed by atoms with Crippen LogP contribution in [-0.2, 0) is 0 Å². The Morgan fingerprint density at radius 1 is 1.62 bits per heavy atom. The van der Waals surface area contributed by atoms with Crippen LogP contribution in [0.25, 0.3) is 10.2 Å². The predicted octanol–water partition coefficient (Wildman–Crippen LogP) is 0.0835. The third kappa shape index (κ3) is 1.11. The SMILES string of the molecule is NC(=O)c1csc2nc[nH]c(=O)c12. The molecule has 0 unspecified atom stereocenters. The molecule has 5 nitrogen and oxygen atoms in total. The fourth-order valence-electron chi connectivity index (χ4n) is 1.07. The van der Waals surface area contributed by atoms with Crippen LogP contribution in [0.4, 0.5) is 0 Å². The van der Waals surface area contributed by atoms with Gasteiger partial charge in [0.25, 0.3) is 5.56 Å². The molecule has 0 radical (unpaired) electrons. The number of hydrogen-bond acceptors (Lipinski definition) is 4. The first kappa shape index (κ1) is 7.93. The van der Waals surface area contributed by atoms with Gasteiger partial charge in [0, 0.05) is 5.38 Å². The lowest BCUT2D eigenvalue weighted by atomic mass is 10.2. The molecule has 0 bridgehead atoms. The molecule has 2 rings (SSSR count). The smallest absolute Gasteiger partial charge is 0.260 e. The summed E-state index contributed by atoms with van der Waals surface area (Å²) in [5.74, 6) is -0.607. The van der Waals surface area contributed by atoms with E-state index in [-0.39, 0.29) is 16.5 Å². The summed E-state index contributed by atoms with van der Waals surface area (Å²) in [7, 11) is 0. The van der Waals surface area contributed by atoms with Crippen molar-refractivity contribution in [2.24, 2.45) is 5.73 Å². The first-order valence-corrected chi connectivity index (χ1v) is 4.33. The van der Waals surface area contributed by atoms with Gasteiger partial charge < -0.3 is 10.7 Å². The number of carbonyl (C=O) groups excluding carboxylic acids is 1. The van der Waals surface area contributed by atoms with Gasteiger partial charge in [0.2, 0.25) is 5.91 Å². The van der Waals surface area contributed by atoms with E-state index in [1.165, 1.54) is 23.0 Å². The quantitative estimate of drug-likeness (QED) is 0.675. The number of nitrogens with two attached hydrogens (primary N) is 1. The van der Waals surface area contributed by atoms with Gasteiger partial charge in [0.05, 0.1) is 17.3 Å². The summed E-state index contributed by atoms with van der Waals surface area (Å²) in [4.78, 5) is 29.0. The summed E-state index contributed by atoms with van der Waals surface area (Å²) in [5.41, 5.74) is 4.98. The molecule has 0 saturated carbocycles. The minimum atomic E-state index is -0.607. The number of aromatic amines is 1. The van der Waals surface area contributed by atoms with Crippen LogP contribution in [-0.4, -0.2) is 15.9 Å². The molecule has 1 amide bonds. The van der Waals surface area contributed by atoms with E-state index in [9.17, 15) is 9.59 Å². The Morgan fingerprint density at radius 3 is 3.08 bits per heavy atom. The highest BCUT2D eigenvalue weighted by atomic mass is 32.1. The molecule has 2 aromatic rings. The number of nitrogens with zero attached hydrogens (tertiary/aromatic N) is 1. The van der Waals surface area contributed by atoms with Gasteiger partial charge in [-0.1, -0.05) is 0 Å². The summed E-state index contributed by atoms with van der Waals surface area (Å²) in [6.07, 6.45) is 1.30. The maximum atomic E-state index is 11.3. The van der Waals surface area contributed by atoms with Crippen LogP contribution in [0.3, 0.4) is 0 Å². The maximum absolute atomic E-state index is 11.3. The Bertz CT molecular complexity index is 528. The standard InChI is InChI=1S/C7H5N3O2S/c8-5(11)3-1-13-7-4(3)6(12)9-2-10-7/h1-2H,(H2,8,11)(H,9,10,12). The average Bonchev–Trinajstić information content (AvgIpc) is 2.49. The zero-order chi connectivity index (χ0) is 9.42. The molecule has 0 aromatic carbocycles. The summed E-state index contributed by atoms with van der Waals surface area (Å²) in [6.45, 7) is 0. The minimum Gasteiger partial charge on any atom is -0.366 e. The summed E-state index contributed by atoms with van der Waals surface area (Å²) < 4.78 is 0. The summed E-state index contributed by atoms with van der Waals surface area (Å²) in [5, 5.41) is 1.81. The van der Waals surface area contributed by atoms with Crippen LogP contribution in [0.15, 0.2) is 16.5 Å². The molecule has 0 spiro atoms. The van der Waals surface area contributed by atoms with Crippen molar-refractivity contribution < 1.29 is 4.79 Å². The molecule has 6 heteroatoms. The third-order valence-electron chi connectivity index (χ3n) is 1.64. The van der Waals surface area contributed by atoms with E-state index in [0.717, 1.165) is 0 Å². The number of carbonyl (C=O) groups is 1. The summed E-state index contributed by atoms with van der Waals surface area (Å²) >= 11 is 1.22. The van der Waals surface area contributed by atoms with Crippen LogP contribution in [0.2, 0.25) is 0 Å². The number of aromatic nitrogens is 2. The van der Waals surface area contributed by atoms with E-state index >= 15 is 0 Å². The zero-order valence-electron chi connectivity index (χ0n) is 6.40. The minimum absolute atomic E-state index is 0.231. The van der Waals surface area contributed by atoms with Gasteiger partial charge in [0.1, 0.15) is 4.83 Å². The lowest BCUT2D eigenvalue weighted by Crippen LogP contribution is -2.14. The van der Waals surface area contributed by atoms with Crippen LogP contribution >= 0.6 is 11.3 Å². The van der Waals surface area contributed by atoms with Crippen LogP contribution in [0, 0.1) is 0 Å². The number of thiophene rings is 1. The van der Waals surface area contributed by atoms with Crippen molar-refractivity contribution in [3.05, 3.63) is 27.6 Å².